The van der Waals surface area contributed by atoms with Crippen LogP contribution in [-0.2, 0) is 18.8 Å². The Bertz CT molecular complexity index is 1720. The summed E-state index contributed by atoms with van der Waals surface area (Å²) in [6, 6.07) is 0. The Kier molecular flexibility index (Phi) is 8.18. The second-order valence-electron chi connectivity index (χ2n) is 8.22. The first-order chi connectivity index (χ1) is 18.5. The lowest BCUT2D eigenvalue weighted by Crippen LogP contribution is -2.06. The number of fused-ring (bicyclic) bond motifs is 6. The van der Waals surface area contributed by atoms with E-state index in [-0.39, 0.29) is 0 Å². The summed E-state index contributed by atoms with van der Waals surface area (Å²) in [4.78, 5) is 29.2. The number of hydrogen-bond donors (Lipinski definition) is 2. The summed E-state index contributed by atoms with van der Waals surface area (Å²) in [6.45, 7) is 1.55. The van der Waals surface area contributed by atoms with Crippen LogP contribution in [0.25, 0.3) is 42.8 Å². The van der Waals surface area contributed by atoms with Gasteiger partial charge in [-0.2, -0.15) is 0 Å². The largest absolute Gasteiger partial charge is 0.385 e. The van der Waals surface area contributed by atoms with Gasteiger partial charge in [-0.15, -0.1) is 0 Å². The van der Waals surface area contributed by atoms with Gasteiger partial charge < -0.3 is 24.5 Å². The van der Waals surface area contributed by atoms with Crippen molar-refractivity contribution in [3.05, 3.63) is 12.7 Å². The Morgan fingerprint density at radius 1 is 0.816 bits per heavy atom. The molecule has 200 valence electrons. The molecule has 0 unspecified atom stereocenters. The fraction of sp³-hybridized carbons (Fsp3) is 0.391. The summed E-state index contributed by atoms with van der Waals surface area (Å²) in [5.74, 6) is 1.63. The molecule has 0 radical (unpaired) electrons. The third kappa shape index (κ3) is 5.00. The molecule has 15 heteroatoms. The van der Waals surface area contributed by atoms with Crippen LogP contribution in [0.5, 0.6) is 0 Å². The third-order valence-electron chi connectivity index (χ3n) is 5.78. The molecule has 0 saturated carbocycles. The number of hydrogen-bond acceptors (Lipinski definition) is 13. The van der Waals surface area contributed by atoms with E-state index in [1.54, 1.807) is 59.6 Å². The predicted octanol–water partition coefficient (Wildman–Crippen LogP) is 5.09. The Morgan fingerprint density at radius 2 is 1.34 bits per heavy atom. The SMILES string of the molecule is CNc1nc2sc(SC)nc2c2c1ncn2C.COCCCNc1nc2sc(SC)nc2c2c1ncn2C. The van der Waals surface area contributed by atoms with Crippen molar-refractivity contribution in [3.8, 4) is 0 Å². The molecule has 0 spiro atoms. The van der Waals surface area contributed by atoms with Crippen LogP contribution in [0, 0.1) is 0 Å². The number of thioether (sulfide) groups is 2. The van der Waals surface area contributed by atoms with E-state index in [0.29, 0.717) is 0 Å². The minimum absolute atomic E-state index is 0.734. The zero-order valence-electron chi connectivity index (χ0n) is 21.9. The molecule has 11 nitrogen and oxygen atoms in total. The van der Waals surface area contributed by atoms with Gasteiger partial charge >= 0.3 is 0 Å². The number of rotatable bonds is 8. The second-order valence-corrected chi connectivity index (χ2v) is 12.3. The summed E-state index contributed by atoms with van der Waals surface area (Å²) < 4.78 is 11.1. The number of nitrogens with zero attached hydrogens (tertiary/aromatic N) is 8. The number of anilines is 2. The van der Waals surface area contributed by atoms with Gasteiger partial charge in [-0.3, -0.25) is 0 Å². The fourth-order valence-electron chi connectivity index (χ4n) is 4.02. The van der Waals surface area contributed by atoms with Gasteiger partial charge in [0, 0.05) is 41.4 Å². The Hall–Kier alpha value is -2.72. The van der Waals surface area contributed by atoms with Crippen LogP contribution in [0.4, 0.5) is 11.6 Å². The van der Waals surface area contributed by atoms with Crippen molar-refractivity contribution in [1.82, 2.24) is 39.0 Å². The smallest absolute Gasteiger partial charge is 0.156 e. The second kappa shape index (κ2) is 11.6. The maximum atomic E-state index is 5.07. The maximum absolute atomic E-state index is 5.07. The first kappa shape index (κ1) is 26.9. The maximum Gasteiger partial charge on any atom is 0.156 e. The number of methoxy groups -OCH3 is 1. The number of aryl methyl sites for hydroxylation is 2. The number of imidazole rings is 2. The van der Waals surface area contributed by atoms with Gasteiger partial charge in [-0.1, -0.05) is 46.2 Å². The lowest BCUT2D eigenvalue weighted by molar-refractivity contribution is 0.198. The predicted molar refractivity (Wildman–Crippen MR) is 161 cm³/mol. The summed E-state index contributed by atoms with van der Waals surface area (Å²) in [5.41, 5.74) is 5.69. The van der Waals surface area contributed by atoms with E-state index in [1.165, 1.54) is 0 Å². The zero-order chi connectivity index (χ0) is 26.8. The number of nitrogens with one attached hydrogen (secondary N) is 2. The molecule has 0 saturated heterocycles. The highest BCUT2D eigenvalue weighted by atomic mass is 32.2. The van der Waals surface area contributed by atoms with Gasteiger partial charge in [-0.05, 0) is 18.9 Å². The minimum atomic E-state index is 0.734. The molecule has 0 amide bonds. The van der Waals surface area contributed by atoms with E-state index in [0.717, 1.165) is 82.6 Å². The van der Waals surface area contributed by atoms with Crippen LogP contribution in [0.3, 0.4) is 0 Å². The normalized spacial score (nSPS) is 11.5. The molecule has 0 aliphatic rings. The summed E-state index contributed by atoms with van der Waals surface area (Å²) >= 11 is 6.52. The highest BCUT2D eigenvalue weighted by Gasteiger charge is 2.17. The molecule has 6 aromatic rings. The Morgan fingerprint density at radius 3 is 1.84 bits per heavy atom. The third-order valence-corrected chi connectivity index (χ3v) is 9.65. The lowest BCUT2D eigenvalue weighted by Gasteiger charge is -2.06. The van der Waals surface area contributed by atoms with Crippen molar-refractivity contribution in [2.24, 2.45) is 14.1 Å². The van der Waals surface area contributed by atoms with Gasteiger partial charge in [-0.25, -0.2) is 29.9 Å². The highest BCUT2D eigenvalue weighted by molar-refractivity contribution is 8.00. The quantitative estimate of drug-likeness (QED) is 0.183. The number of aromatic nitrogens is 8. The van der Waals surface area contributed by atoms with E-state index in [2.05, 4.69) is 35.6 Å². The number of ether oxygens (including phenoxy) is 1. The number of thiazole rings is 2. The van der Waals surface area contributed by atoms with E-state index >= 15 is 0 Å². The Balaban J connectivity index is 0.000000158. The summed E-state index contributed by atoms with van der Waals surface area (Å²) in [5, 5.41) is 6.45. The fourth-order valence-corrected chi connectivity index (χ4v) is 6.88. The summed E-state index contributed by atoms with van der Waals surface area (Å²) in [7, 11) is 7.54. The number of pyridine rings is 2. The first-order valence-electron chi connectivity index (χ1n) is 11.7. The molecule has 0 atom stereocenters. The molecule has 0 aliphatic carbocycles. The summed E-state index contributed by atoms with van der Waals surface area (Å²) in [6.07, 6.45) is 8.59. The topological polar surface area (TPSA) is 120 Å². The van der Waals surface area contributed by atoms with Crippen LogP contribution in [0.15, 0.2) is 21.3 Å². The minimum Gasteiger partial charge on any atom is -0.385 e. The van der Waals surface area contributed by atoms with Gasteiger partial charge in [0.1, 0.15) is 42.8 Å². The van der Waals surface area contributed by atoms with Crippen molar-refractivity contribution in [2.75, 3.05) is 50.5 Å². The molecule has 6 aromatic heterocycles. The molecule has 2 N–H and O–H groups in total. The van der Waals surface area contributed by atoms with Gasteiger partial charge in [0.05, 0.1) is 12.7 Å². The van der Waals surface area contributed by atoms with Crippen molar-refractivity contribution < 1.29 is 4.74 Å². The van der Waals surface area contributed by atoms with Gasteiger partial charge in [0.25, 0.3) is 0 Å². The van der Waals surface area contributed by atoms with E-state index in [4.69, 9.17) is 9.72 Å². The van der Waals surface area contributed by atoms with Crippen molar-refractivity contribution in [1.29, 1.82) is 0 Å². The highest BCUT2D eigenvalue weighted by Crippen LogP contribution is 2.35. The molecule has 0 aromatic carbocycles. The van der Waals surface area contributed by atoms with Crippen LogP contribution >= 0.6 is 46.2 Å². The van der Waals surface area contributed by atoms with Crippen LogP contribution in [0.2, 0.25) is 0 Å². The molecule has 38 heavy (non-hydrogen) atoms. The van der Waals surface area contributed by atoms with Gasteiger partial charge in [0.15, 0.2) is 20.3 Å². The van der Waals surface area contributed by atoms with Crippen molar-refractivity contribution in [2.45, 2.75) is 15.1 Å². The molecule has 0 aliphatic heterocycles. The van der Waals surface area contributed by atoms with Crippen molar-refractivity contribution in [3.63, 3.8) is 0 Å². The molecular formula is C23H28N10OS4. The van der Waals surface area contributed by atoms with Gasteiger partial charge in [0.2, 0.25) is 0 Å². The molecule has 6 rings (SSSR count). The monoisotopic (exact) mass is 588 g/mol. The van der Waals surface area contributed by atoms with E-state index in [9.17, 15) is 0 Å². The molecular weight excluding hydrogens is 561 g/mol. The van der Waals surface area contributed by atoms with E-state index < -0.39 is 0 Å². The average molecular weight is 589 g/mol. The first-order valence-corrected chi connectivity index (χ1v) is 15.8. The van der Waals surface area contributed by atoms with Crippen molar-refractivity contribution >= 4 is 101 Å². The zero-order valence-corrected chi connectivity index (χ0v) is 25.2. The van der Waals surface area contributed by atoms with E-state index in [1.807, 2.05) is 49.1 Å². The Labute approximate surface area is 235 Å². The van der Waals surface area contributed by atoms with Crippen LogP contribution in [0.1, 0.15) is 6.42 Å². The standard InChI is InChI=1S/C13H17N5OS2.C10H11N5S2/c1-18-7-15-8-10(18)9-12(21-13(16-9)20-3)17-11(8)14-5-4-6-19-2;1-11-8-5-7(15(2)4-12-5)6-9(14-8)17-10(13-6)16-3/h7H,4-6H2,1-3H3,(H,14,17);4H,1-3H3,(H,11,14). The van der Waals surface area contributed by atoms with Crippen LogP contribution < -0.4 is 10.6 Å². The lowest BCUT2D eigenvalue weighted by atomic mass is 10.3. The van der Waals surface area contributed by atoms with Crippen LogP contribution in [-0.4, -0.2) is 78.9 Å². The molecule has 6 heterocycles. The molecule has 0 bridgehead atoms. The average Bonchev–Trinajstić information content (AvgIpc) is 3.71. The molecule has 0 fully saturated rings.